The molecule has 0 aliphatic carbocycles. The molecule has 0 saturated heterocycles. The van der Waals surface area contributed by atoms with Gasteiger partial charge in [-0.2, -0.15) is 0 Å². The molecule has 0 fully saturated rings. The molecule has 0 amide bonds. The molecule has 0 aromatic heterocycles. The Kier molecular flexibility index (Phi) is 6.01. The summed E-state index contributed by atoms with van der Waals surface area (Å²) >= 11 is 0. The van der Waals surface area contributed by atoms with Gasteiger partial charge in [-0.15, -0.1) is 0 Å². The molecular formula is C18H21NO5. The molecule has 0 aliphatic rings. The number of methoxy groups -OCH3 is 1. The summed E-state index contributed by atoms with van der Waals surface area (Å²) in [5, 5.41) is 4.83. The van der Waals surface area contributed by atoms with Gasteiger partial charge < -0.3 is 19.5 Å². The SMILES string of the molecule is CCOC(=O)C(Nc1ccc2cc(OC)ccc2c1)C(=O)OCC. The third kappa shape index (κ3) is 4.16. The quantitative estimate of drug-likeness (QED) is 0.621. The van der Waals surface area contributed by atoms with E-state index >= 15 is 0 Å². The van der Waals surface area contributed by atoms with Crippen molar-refractivity contribution in [2.24, 2.45) is 0 Å². The van der Waals surface area contributed by atoms with Crippen LogP contribution in [-0.2, 0) is 19.1 Å². The highest BCUT2D eigenvalue weighted by Crippen LogP contribution is 2.24. The first-order valence-corrected chi connectivity index (χ1v) is 7.76. The molecule has 0 unspecified atom stereocenters. The average Bonchev–Trinajstić information content (AvgIpc) is 2.59. The Morgan fingerprint density at radius 2 is 1.54 bits per heavy atom. The highest BCUT2D eigenvalue weighted by molar-refractivity contribution is 6.02. The number of esters is 2. The summed E-state index contributed by atoms with van der Waals surface area (Å²) in [4.78, 5) is 24.0. The molecule has 2 aromatic carbocycles. The number of nitrogens with one attached hydrogen (secondary N) is 1. The molecule has 2 rings (SSSR count). The van der Waals surface area contributed by atoms with Gasteiger partial charge in [0.2, 0.25) is 6.04 Å². The van der Waals surface area contributed by atoms with Crippen LogP contribution in [0.4, 0.5) is 5.69 Å². The van der Waals surface area contributed by atoms with Crippen molar-refractivity contribution in [2.75, 3.05) is 25.6 Å². The van der Waals surface area contributed by atoms with Crippen molar-refractivity contribution in [2.45, 2.75) is 19.9 Å². The van der Waals surface area contributed by atoms with Crippen LogP contribution in [0, 0.1) is 0 Å². The van der Waals surface area contributed by atoms with Crippen LogP contribution in [0.2, 0.25) is 0 Å². The number of benzene rings is 2. The number of hydrogen-bond acceptors (Lipinski definition) is 6. The molecule has 6 nitrogen and oxygen atoms in total. The molecule has 1 N–H and O–H groups in total. The topological polar surface area (TPSA) is 73.9 Å². The minimum Gasteiger partial charge on any atom is -0.497 e. The summed E-state index contributed by atoms with van der Waals surface area (Å²) in [6.07, 6.45) is 0. The fraction of sp³-hybridized carbons (Fsp3) is 0.333. The van der Waals surface area contributed by atoms with Gasteiger partial charge in [0.1, 0.15) is 5.75 Å². The zero-order valence-corrected chi connectivity index (χ0v) is 14.0. The molecule has 24 heavy (non-hydrogen) atoms. The predicted octanol–water partition coefficient (Wildman–Crippen LogP) is 2.76. The van der Waals surface area contributed by atoms with Crippen molar-refractivity contribution in [1.82, 2.24) is 0 Å². The highest BCUT2D eigenvalue weighted by atomic mass is 16.6. The normalized spacial score (nSPS) is 10.5. The molecule has 0 radical (unpaired) electrons. The van der Waals surface area contributed by atoms with Crippen molar-refractivity contribution in [3.63, 3.8) is 0 Å². The summed E-state index contributed by atoms with van der Waals surface area (Å²) in [6.45, 7) is 3.74. The van der Waals surface area contributed by atoms with E-state index in [-0.39, 0.29) is 13.2 Å². The van der Waals surface area contributed by atoms with Crippen molar-refractivity contribution < 1.29 is 23.8 Å². The number of anilines is 1. The first-order valence-electron chi connectivity index (χ1n) is 7.76. The number of carbonyl (C=O) groups is 2. The Hall–Kier alpha value is -2.76. The zero-order chi connectivity index (χ0) is 17.5. The molecule has 0 heterocycles. The Bertz CT molecular complexity index is 710. The fourth-order valence-electron chi connectivity index (χ4n) is 2.27. The van der Waals surface area contributed by atoms with Gasteiger partial charge in [-0.1, -0.05) is 12.1 Å². The summed E-state index contributed by atoms with van der Waals surface area (Å²) in [5.41, 5.74) is 0.624. The lowest BCUT2D eigenvalue weighted by Crippen LogP contribution is -2.40. The van der Waals surface area contributed by atoms with E-state index in [9.17, 15) is 9.59 Å². The Labute approximate surface area is 140 Å². The second-order valence-corrected chi connectivity index (χ2v) is 5.01. The van der Waals surface area contributed by atoms with Gasteiger partial charge in [0, 0.05) is 5.69 Å². The zero-order valence-electron chi connectivity index (χ0n) is 14.0. The Balaban J connectivity index is 2.25. The van der Waals surface area contributed by atoms with E-state index in [4.69, 9.17) is 14.2 Å². The van der Waals surface area contributed by atoms with Gasteiger partial charge in [-0.25, -0.2) is 9.59 Å². The predicted molar refractivity (Wildman–Crippen MR) is 91.2 cm³/mol. The summed E-state index contributed by atoms with van der Waals surface area (Å²) < 4.78 is 15.1. The third-order valence-corrected chi connectivity index (χ3v) is 3.40. The largest absolute Gasteiger partial charge is 0.497 e. The minimum absolute atomic E-state index is 0.188. The van der Waals surface area contributed by atoms with Crippen molar-refractivity contribution in [3.05, 3.63) is 36.4 Å². The van der Waals surface area contributed by atoms with Gasteiger partial charge in [-0.05, 0) is 48.9 Å². The Morgan fingerprint density at radius 1 is 0.958 bits per heavy atom. The molecule has 0 bridgehead atoms. The van der Waals surface area contributed by atoms with E-state index < -0.39 is 18.0 Å². The van der Waals surface area contributed by atoms with E-state index in [0.29, 0.717) is 5.69 Å². The second-order valence-electron chi connectivity index (χ2n) is 5.01. The number of ether oxygens (including phenoxy) is 3. The van der Waals surface area contributed by atoms with E-state index in [1.165, 1.54) is 0 Å². The molecule has 0 atom stereocenters. The molecule has 0 saturated carbocycles. The molecule has 0 spiro atoms. The summed E-state index contributed by atoms with van der Waals surface area (Å²) in [7, 11) is 1.61. The number of carbonyl (C=O) groups excluding carboxylic acids is 2. The van der Waals surface area contributed by atoms with Crippen LogP contribution < -0.4 is 10.1 Å². The average molecular weight is 331 g/mol. The van der Waals surface area contributed by atoms with E-state index in [0.717, 1.165) is 16.5 Å². The van der Waals surface area contributed by atoms with Crippen LogP contribution in [0.15, 0.2) is 36.4 Å². The maximum absolute atomic E-state index is 12.0. The lowest BCUT2D eigenvalue weighted by atomic mass is 10.1. The fourth-order valence-corrected chi connectivity index (χ4v) is 2.27. The number of fused-ring (bicyclic) bond motifs is 1. The summed E-state index contributed by atoms with van der Waals surface area (Å²) in [6, 6.07) is 9.98. The van der Waals surface area contributed by atoms with Gasteiger partial charge in [-0.3, -0.25) is 0 Å². The van der Waals surface area contributed by atoms with Crippen molar-refractivity contribution in [3.8, 4) is 5.75 Å². The van der Waals surface area contributed by atoms with Gasteiger partial charge >= 0.3 is 11.9 Å². The first-order chi connectivity index (χ1) is 11.6. The molecular weight excluding hydrogens is 310 g/mol. The monoisotopic (exact) mass is 331 g/mol. The van der Waals surface area contributed by atoms with Crippen LogP contribution in [0.1, 0.15) is 13.8 Å². The third-order valence-electron chi connectivity index (χ3n) is 3.40. The van der Waals surface area contributed by atoms with E-state index in [2.05, 4.69) is 5.32 Å². The highest BCUT2D eigenvalue weighted by Gasteiger charge is 2.29. The molecule has 0 aliphatic heterocycles. The number of rotatable bonds is 7. The van der Waals surface area contributed by atoms with Crippen LogP contribution in [0.3, 0.4) is 0 Å². The van der Waals surface area contributed by atoms with Crippen LogP contribution in [-0.4, -0.2) is 38.3 Å². The Morgan fingerprint density at radius 3 is 2.12 bits per heavy atom. The van der Waals surface area contributed by atoms with E-state index in [1.807, 2.05) is 30.3 Å². The standard InChI is InChI=1S/C18H21NO5/c1-4-23-17(20)16(18(21)24-5-2)19-14-8-6-13-11-15(22-3)9-7-12(13)10-14/h6-11,16,19H,4-5H2,1-3H3. The summed E-state index contributed by atoms with van der Waals surface area (Å²) in [5.74, 6) is -0.560. The van der Waals surface area contributed by atoms with Crippen LogP contribution in [0.25, 0.3) is 10.8 Å². The van der Waals surface area contributed by atoms with Gasteiger partial charge in [0.25, 0.3) is 0 Å². The van der Waals surface area contributed by atoms with Gasteiger partial charge in [0.15, 0.2) is 0 Å². The van der Waals surface area contributed by atoms with E-state index in [1.54, 1.807) is 27.0 Å². The lowest BCUT2D eigenvalue weighted by molar-refractivity contribution is -0.155. The first kappa shape index (κ1) is 17.6. The van der Waals surface area contributed by atoms with Crippen molar-refractivity contribution in [1.29, 1.82) is 0 Å². The van der Waals surface area contributed by atoms with Crippen LogP contribution in [0.5, 0.6) is 5.75 Å². The van der Waals surface area contributed by atoms with Crippen LogP contribution >= 0.6 is 0 Å². The maximum Gasteiger partial charge on any atom is 0.340 e. The lowest BCUT2D eigenvalue weighted by Gasteiger charge is -2.17. The number of hydrogen-bond donors (Lipinski definition) is 1. The molecule has 6 heteroatoms. The molecule has 128 valence electrons. The smallest absolute Gasteiger partial charge is 0.340 e. The van der Waals surface area contributed by atoms with Crippen molar-refractivity contribution >= 4 is 28.4 Å². The second kappa shape index (κ2) is 8.19. The molecule has 2 aromatic rings. The minimum atomic E-state index is -1.19. The van der Waals surface area contributed by atoms with Gasteiger partial charge in [0.05, 0.1) is 20.3 Å². The maximum atomic E-state index is 12.0.